The number of aromatic nitrogens is 1. The summed E-state index contributed by atoms with van der Waals surface area (Å²) >= 11 is 12.5. The highest BCUT2D eigenvalue weighted by molar-refractivity contribution is 6.37. The van der Waals surface area contributed by atoms with Gasteiger partial charge in [-0.1, -0.05) is 44.0 Å². The summed E-state index contributed by atoms with van der Waals surface area (Å²) in [5, 5.41) is 4.49. The second-order valence-electron chi connectivity index (χ2n) is 5.79. The normalized spacial score (nSPS) is 18.9. The Bertz CT molecular complexity index is 463. The van der Waals surface area contributed by atoms with Crippen molar-refractivity contribution in [3.8, 4) is 0 Å². The number of anilines is 2. The molecule has 1 saturated heterocycles. The van der Waals surface area contributed by atoms with Crippen molar-refractivity contribution < 1.29 is 0 Å². The van der Waals surface area contributed by atoms with E-state index in [0.717, 1.165) is 43.6 Å². The standard InChI is InChI=1S/C15H23Cl2N3/c1-4-6-18-14-12(16)8-13(17)15(19-14)20-7-5-11(9-20)10(2)3/h8,10-11H,4-7,9H2,1-3H3,(H,18,19). The summed E-state index contributed by atoms with van der Waals surface area (Å²) in [6.07, 6.45) is 2.24. The number of pyridine rings is 1. The van der Waals surface area contributed by atoms with Crippen LogP contribution < -0.4 is 10.2 Å². The fourth-order valence-electron chi connectivity index (χ4n) is 2.57. The quantitative estimate of drug-likeness (QED) is 0.854. The molecule has 0 spiro atoms. The molecule has 0 saturated carbocycles. The van der Waals surface area contributed by atoms with E-state index in [-0.39, 0.29) is 0 Å². The first-order valence-electron chi connectivity index (χ1n) is 7.37. The number of rotatable bonds is 5. The van der Waals surface area contributed by atoms with E-state index in [1.165, 1.54) is 6.42 Å². The van der Waals surface area contributed by atoms with Gasteiger partial charge in [0.2, 0.25) is 0 Å². The first-order valence-corrected chi connectivity index (χ1v) is 8.13. The Kier molecular flexibility index (Phi) is 5.39. The Hall–Kier alpha value is -0.670. The van der Waals surface area contributed by atoms with Crippen LogP contribution >= 0.6 is 23.2 Å². The van der Waals surface area contributed by atoms with Gasteiger partial charge in [-0.25, -0.2) is 4.98 Å². The van der Waals surface area contributed by atoms with Gasteiger partial charge in [0.15, 0.2) is 0 Å². The van der Waals surface area contributed by atoms with Crippen LogP contribution in [0.25, 0.3) is 0 Å². The zero-order chi connectivity index (χ0) is 14.7. The van der Waals surface area contributed by atoms with E-state index in [1.807, 2.05) is 0 Å². The molecule has 1 aliphatic heterocycles. The molecular formula is C15H23Cl2N3. The van der Waals surface area contributed by atoms with Crippen LogP contribution in [0.4, 0.5) is 11.6 Å². The molecule has 2 heterocycles. The van der Waals surface area contributed by atoms with Gasteiger partial charge in [0.25, 0.3) is 0 Å². The maximum absolute atomic E-state index is 6.33. The van der Waals surface area contributed by atoms with Crippen molar-refractivity contribution in [2.24, 2.45) is 11.8 Å². The van der Waals surface area contributed by atoms with Crippen molar-refractivity contribution in [2.45, 2.75) is 33.6 Å². The number of hydrogen-bond donors (Lipinski definition) is 1. The van der Waals surface area contributed by atoms with Crippen LogP contribution in [0.1, 0.15) is 33.6 Å². The van der Waals surface area contributed by atoms with Crippen LogP contribution in [0, 0.1) is 11.8 Å². The van der Waals surface area contributed by atoms with Crippen LogP contribution in [0.5, 0.6) is 0 Å². The lowest BCUT2D eigenvalue weighted by Crippen LogP contribution is -2.23. The lowest BCUT2D eigenvalue weighted by Gasteiger charge is -2.21. The monoisotopic (exact) mass is 315 g/mol. The summed E-state index contributed by atoms with van der Waals surface area (Å²) in [6.45, 7) is 9.58. The minimum Gasteiger partial charge on any atom is -0.369 e. The van der Waals surface area contributed by atoms with Crippen molar-refractivity contribution in [1.82, 2.24) is 4.98 Å². The molecular weight excluding hydrogens is 293 g/mol. The molecule has 1 aliphatic rings. The third-order valence-electron chi connectivity index (χ3n) is 3.92. The van der Waals surface area contributed by atoms with Crippen LogP contribution in [0.3, 0.4) is 0 Å². The third kappa shape index (κ3) is 3.50. The number of nitrogens with zero attached hydrogens (tertiary/aromatic N) is 2. The zero-order valence-corrected chi connectivity index (χ0v) is 13.9. The van der Waals surface area contributed by atoms with Gasteiger partial charge in [0, 0.05) is 19.6 Å². The van der Waals surface area contributed by atoms with Crippen LogP contribution in [0.2, 0.25) is 10.0 Å². The molecule has 5 heteroatoms. The van der Waals surface area contributed by atoms with E-state index in [0.29, 0.717) is 16.0 Å². The van der Waals surface area contributed by atoms with E-state index in [4.69, 9.17) is 23.2 Å². The maximum Gasteiger partial charge on any atom is 0.149 e. The average molecular weight is 316 g/mol. The van der Waals surface area contributed by atoms with Gasteiger partial charge in [-0.05, 0) is 30.7 Å². The molecule has 0 aliphatic carbocycles. The van der Waals surface area contributed by atoms with Gasteiger partial charge >= 0.3 is 0 Å². The molecule has 2 rings (SSSR count). The zero-order valence-electron chi connectivity index (χ0n) is 12.4. The van der Waals surface area contributed by atoms with Gasteiger partial charge in [-0.2, -0.15) is 0 Å². The molecule has 0 radical (unpaired) electrons. The topological polar surface area (TPSA) is 28.2 Å². The molecule has 1 unspecified atom stereocenters. The first-order chi connectivity index (χ1) is 9.52. The minimum absolute atomic E-state index is 0.590. The lowest BCUT2D eigenvalue weighted by atomic mass is 9.95. The van der Waals surface area contributed by atoms with E-state index in [2.05, 4.69) is 36.0 Å². The Balaban J connectivity index is 2.19. The Morgan fingerprint density at radius 2 is 2.15 bits per heavy atom. The van der Waals surface area contributed by atoms with Crippen molar-refractivity contribution in [3.05, 3.63) is 16.1 Å². The molecule has 1 fully saturated rings. The smallest absolute Gasteiger partial charge is 0.149 e. The first kappa shape index (κ1) is 15.7. The molecule has 3 nitrogen and oxygen atoms in total. The van der Waals surface area contributed by atoms with Crippen LogP contribution in [-0.4, -0.2) is 24.6 Å². The maximum atomic E-state index is 6.33. The van der Waals surface area contributed by atoms with Gasteiger partial charge in [0.1, 0.15) is 11.6 Å². The van der Waals surface area contributed by atoms with E-state index < -0.39 is 0 Å². The Morgan fingerprint density at radius 1 is 1.40 bits per heavy atom. The van der Waals surface area contributed by atoms with Crippen LogP contribution in [0.15, 0.2) is 6.07 Å². The Labute approximate surface area is 131 Å². The predicted molar refractivity (Wildman–Crippen MR) is 88.2 cm³/mol. The highest BCUT2D eigenvalue weighted by Crippen LogP contribution is 2.35. The average Bonchev–Trinajstić information content (AvgIpc) is 2.87. The van der Waals surface area contributed by atoms with Gasteiger partial charge in [-0.15, -0.1) is 0 Å². The van der Waals surface area contributed by atoms with Crippen molar-refractivity contribution in [3.63, 3.8) is 0 Å². The van der Waals surface area contributed by atoms with Crippen molar-refractivity contribution >= 4 is 34.8 Å². The molecule has 1 aromatic rings. The van der Waals surface area contributed by atoms with Crippen molar-refractivity contribution in [1.29, 1.82) is 0 Å². The molecule has 20 heavy (non-hydrogen) atoms. The summed E-state index contributed by atoms with van der Waals surface area (Å²) in [4.78, 5) is 6.91. The predicted octanol–water partition coefficient (Wildman–Crippen LogP) is 4.69. The number of hydrogen-bond acceptors (Lipinski definition) is 3. The fourth-order valence-corrected chi connectivity index (χ4v) is 3.11. The summed E-state index contributed by atoms with van der Waals surface area (Å²) in [6, 6.07) is 1.80. The molecule has 1 aromatic heterocycles. The lowest BCUT2D eigenvalue weighted by molar-refractivity contribution is 0.422. The molecule has 1 N–H and O–H groups in total. The highest BCUT2D eigenvalue weighted by Gasteiger charge is 2.27. The SMILES string of the molecule is CCCNc1nc(N2CCC(C(C)C)C2)c(Cl)cc1Cl. The van der Waals surface area contributed by atoms with Gasteiger partial charge in [-0.3, -0.25) is 0 Å². The second-order valence-corrected chi connectivity index (χ2v) is 6.60. The molecule has 1 atom stereocenters. The molecule has 0 amide bonds. The highest BCUT2D eigenvalue weighted by atomic mass is 35.5. The molecule has 0 aromatic carbocycles. The summed E-state index contributed by atoms with van der Waals surface area (Å²) < 4.78 is 0. The molecule has 0 bridgehead atoms. The summed E-state index contributed by atoms with van der Waals surface area (Å²) in [7, 11) is 0. The largest absolute Gasteiger partial charge is 0.369 e. The van der Waals surface area contributed by atoms with Gasteiger partial charge < -0.3 is 10.2 Å². The Morgan fingerprint density at radius 3 is 2.75 bits per heavy atom. The molecule has 112 valence electrons. The minimum atomic E-state index is 0.590. The number of halogens is 2. The summed E-state index contributed by atoms with van der Waals surface area (Å²) in [5.41, 5.74) is 0. The fraction of sp³-hybridized carbons (Fsp3) is 0.667. The van der Waals surface area contributed by atoms with E-state index >= 15 is 0 Å². The van der Waals surface area contributed by atoms with Crippen molar-refractivity contribution in [2.75, 3.05) is 29.9 Å². The second kappa shape index (κ2) is 6.86. The van der Waals surface area contributed by atoms with Gasteiger partial charge in [0.05, 0.1) is 10.0 Å². The van der Waals surface area contributed by atoms with Crippen LogP contribution in [-0.2, 0) is 0 Å². The summed E-state index contributed by atoms with van der Waals surface area (Å²) in [5.74, 6) is 3.01. The van der Waals surface area contributed by atoms with E-state index in [1.54, 1.807) is 6.07 Å². The number of nitrogens with one attached hydrogen (secondary N) is 1. The van der Waals surface area contributed by atoms with E-state index in [9.17, 15) is 0 Å². The third-order valence-corrected chi connectivity index (χ3v) is 4.49.